The second-order valence-corrected chi connectivity index (χ2v) is 10.4. The van der Waals surface area contributed by atoms with Gasteiger partial charge in [0.25, 0.3) is 0 Å². The number of esters is 1. The van der Waals surface area contributed by atoms with Gasteiger partial charge in [0.1, 0.15) is 12.6 Å². The third kappa shape index (κ3) is 8.54. The van der Waals surface area contributed by atoms with Crippen molar-refractivity contribution in [3.63, 3.8) is 0 Å². The average Bonchev–Trinajstić information content (AvgIpc) is 3.42. The zero-order valence-electron chi connectivity index (χ0n) is 21.8. The molecule has 11 heteroatoms. The molecule has 0 spiro atoms. The third-order valence-corrected chi connectivity index (χ3v) is 7.48. The Morgan fingerprint density at radius 2 is 1.89 bits per heavy atom. The Hall–Kier alpha value is -2.95. The van der Waals surface area contributed by atoms with Crippen LogP contribution in [0.3, 0.4) is 0 Å². The van der Waals surface area contributed by atoms with E-state index in [1.165, 1.54) is 21.8 Å². The van der Waals surface area contributed by atoms with Crippen LogP contribution in [0.25, 0.3) is 0 Å². The molecule has 1 aliphatic rings. The Balaban J connectivity index is 1.76. The number of benzene rings is 1. The summed E-state index contributed by atoms with van der Waals surface area (Å²) in [6.45, 7) is 2.64. The fourth-order valence-electron chi connectivity index (χ4n) is 4.27. The molecule has 1 aromatic carbocycles. The standard InChI is InChI=1S/C27H34ClN3O6S/c1-3-37-26(34)19-29(14-15-36-2)24(32)17-23-27(35)30(12-10-20-6-8-21(28)9-7-20)18-25(33)31(23)13-11-22-5-4-16-38-22/h4-9,16,23H,3,10-15,17-19H2,1-2H3. The predicted molar refractivity (Wildman–Crippen MR) is 145 cm³/mol. The number of nitrogens with zero attached hydrogens (tertiary/aromatic N) is 3. The summed E-state index contributed by atoms with van der Waals surface area (Å²) in [7, 11) is 1.50. The Labute approximate surface area is 232 Å². The summed E-state index contributed by atoms with van der Waals surface area (Å²) in [5, 5.41) is 2.58. The first-order valence-electron chi connectivity index (χ1n) is 12.6. The van der Waals surface area contributed by atoms with Gasteiger partial charge in [-0.1, -0.05) is 29.8 Å². The van der Waals surface area contributed by atoms with E-state index in [4.69, 9.17) is 21.1 Å². The molecule has 0 N–H and O–H groups in total. The Bertz CT molecular complexity index is 1080. The van der Waals surface area contributed by atoms with Gasteiger partial charge in [-0.15, -0.1) is 11.3 Å². The lowest BCUT2D eigenvalue weighted by Crippen LogP contribution is -2.61. The maximum Gasteiger partial charge on any atom is 0.325 e. The van der Waals surface area contributed by atoms with Gasteiger partial charge in [0.15, 0.2) is 0 Å². The molecule has 38 heavy (non-hydrogen) atoms. The molecule has 1 aliphatic heterocycles. The monoisotopic (exact) mass is 563 g/mol. The fraction of sp³-hybridized carbons (Fsp3) is 0.481. The SMILES string of the molecule is CCOC(=O)CN(CCOC)C(=O)CC1C(=O)N(CCc2ccc(Cl)cc2)CC(=O)N1CCc1cccs1. The fourth-order valence-corrected chi connectivity index (χ4v) is 5.09. The second kappa shape index (κ2) is 14.8. The van der Waals surface area contributed by atoms with Crippen LogP contribution in [0.4, 0.5) is 0 Å². The molecule has 206 valence electrons. The lowest BCUT2D eigenvalue weighted by atomic mass is 10.0. The van der Waals surface area contributed by atoms with Crippen molar-refractivity contribution in [1.29, 1.82) is 0 Å². The van der Waals surface area contributed by atoms with Gasteiger partial charge in [-0.3, -0.25) is 19.2 Å². The molecule has 3 rings (SSSR count). The summed E-state index contributed by atoms with van der Waals surface area (Å²) in [4.78, 5) is 57.8. The van der Waals surface area contributed by atoms with E-state index in [-0.39, 0.29) is 51.1 Å². The number of ether oxygens (including phenoxy) is 2. The lowest BCUT2D eigenvalue weighted by Gasteiger charge is -2.40. The predicted octanol–water partition coefficient (Wildman–Crippen LogP) is 2.65. The van der Waals surface area contributed by atoms with Gasteiger partial charge < -0.3 is 24.2 Å². The van der Waals surface area contributed by atoms with E-state index in [9.17, 15) is 19.2 Å². The van der Waals surface area contributed by atoms with E-state index >= 15 is 0 Å². The van der Waals surface area contributed by atoms with Gasteiger partial charge >= 0.3 is 5.97 Å². The molecule has 0 bridgehead atoms. The van der Waals surface area contributed by atoms with Crippen molar-refractivity contribution in [3.05, 3.63) is 57.2 Å². The van der Waals surface area contributed by atoms with E-state index in [0.29, 0.717) is 31.0 Å². The summed E-state index contributed by atoms with van der Waals surface area (Å²) in [6, 6.07) is 10.3. The zero-order chi connectivity index (χ0) is 27.5. The molecule has 0 saturated carbocycles. The molecular weight excluding hydrogens is 530 g/mol. The molecule has 0 aliphatic carbocycles. The van der Waals surface area contributed by atoms with E-state index < -0.39 is 17.9 Å². The van der Waals surface area contributed by atoms with Crippen LogP contribution in [0, 0.1) is 0 Å². The summed E-state index contributed by atoms with van der Waals surface area (Å²) >= 11 is 7.55. The van der Waals surface area contributed by atoms with Crippen molar-refractivity contribution < 1.29 is 28.7 Å². The summed E-state index contributed by atoms with van der Waals surface area (Å²) in [6.07, 6.45) is 0.910. The van der Waals surface area contributed by atoms with E-state index in [1.807, 2.05) is 29.6 Å². The van der Waals surface area contributed by atoms with Gasteiger partial charge in [-0.2, -0.15) is 0 Å². The number of halogens is 1. The summed E-state index contributed by atoms with van der Waals surface area (Å²) in [5.41, 5.74) is 0.988. The van der Waals surface area contributed by atoms with Crippen LogP contribution >= 0.6 is 22.9 Å². The van der Waals surface area contributed by atoms with Crippen molar-refractivity contribution in [2.24, 2.45) is 0 Å². The highest BCUT2D eigenvalue weighted by molar-refractivity contribution is 7.09. The minimum absolute atomic E-state index is 0.0439. The van der Waals surface area contributed by atoms with Gasteiger partial charge in [0.2, 0.25) is 17.7 Å². The molecule has 1 fully saturated rings. The molecule has 2 aromatic rings. The van der Waals surface area contributed by atoms with Gasteiger partial charge in [-0.05, 0) is 48.9 Å². The third-order valence-electron chi connectivity index (χ3n) is 6.29. The molecule has 1 unspecified atom stereocenters. The van der Waals surface area contributed by atoms with Crippen LogP contribution in [0.5, 0.6) is 0 Å². The lowest BCUT2D eigenvalue weighted by molar-refractivity contribution is -0.159. The van der Waals surface area contributed by atoms with Gasteiger partial charge in [-0.25, -0.2) is 0 Å². The molecular formula is C27H34ClN3O6S. The quantitative estimate of drug-likeness (QED) is 0.328. The minimum Gasteiger partial charge on any atom is -0.465 e. The molecule has 0 radical (unpaired) electrons. The van der Waals surface area contributed by atoms with E-state index in [0.717, 1.165) is 10.4 Å². The molecule has 3 amide bonds. The first-order valence-corrected chi connectivity index (χ1v) is 13.9. The number of amides is 3. The van der Waals surface area contributed by atoms with E-state index in [2.05, 4.69) is 0 Å². The average molecular weight is 564 g/mol. The Kier molecular flexibility index (Phi) is 11.6. The highest BCUT2D eigenvalue weighted by Crippen LogP contribution is 2.20. The first-order chi connectivity index (χ1) is 18.3. The molecule has 1 aromatic heterocycles. The smallest absolute Gasteiger partial charge is 0.325 e. The molecule has 2 heterocycles. The number of piperazine rings is 1. The van der Waals surface area contributed by atoms with Crippen molar-refractivity contribution in [2.75, 3.05) is 53.0 Å². The minimum atomic E-state index is -0.957. The van der Waals surface area contributed by atoms with Crippen molar-refractivity contribution in [3.8, 4) is 0 Å². The second-order valence-electron chi connectivity index (χ2n) is 8.89. The molecule has 9 nitrogen and oxygen atoms in total. The zero-order valence-corrected chi connectivity index (χ0v) is 23.3. The largest absolute Gasteiger partial charge is 0.465 e. The summed E-state index contributed by atoms with van der Waals surface area (Å²) in [5.74, 6) is -1.44. The van der Waals surface area contributed by atoms with Crippen LogP contribution in [0.2, 0.25) is 5.02 Å². The number of carbonyl (C=O) groups is 4. The normalized spacial score (nSPS) is 15.6. The van der Waals surface area contributed by atoms with Crippen molar-refractivity contribution >= 4 is 46.6 Å². The highest BCUT2D eigenvalue weighted by Gasteiger charge is 2.41. The summed E-state index contributed by atoms with van der Waals surface area (Å²) < 4.78 is 10.1. The number of hydrogen-bond donors (Lipinski definition) is 0. The topological polar surface area (TPSA) is 96.5 Å². The maximum atomic E-state index is 13.6. The maximum absolute atomic E-state index is 13.6. The van der Waals surface area contributed by atoms with Crippen LogP contribution < -0.4 is 0 Å². The Morgan fingerprint density at radius 1 is 1.13 bits per heavy atom. The molecule has 1 saturated heterocycles. The number of methoxy groups -OCH3 is 1. The molecule has 1 atom stereocenters. The van der Waals surface area contributed by atoms with Crippen molar-refractivity contribution in [2.45, 2.75) is 32.2 Å². The van der Waals surface area contributed by atoms with Crippen LogP contribution in [0.1, 0.15) is 23.8 Å². The number of rotatable bonds is 14. The van der Waals surface area contributed by atoms with Crippen LogP contribution in [-0.4, -0.2) is 97.5 Å². The van der Waals surface area contributed by atoms with Gasteiger partial charge in [0.05, 0.1) is 26.2 Å². The number of thiophene rings is 1. The Morgan fingerprint density at radius 3 is 2.55 bits per heavy atom. The van der Waals surface area contributed by atoms with Crippen molar-refractivity contribution in [1.82, 2.24) is 14.7 Å². The van der Waals surface area contributed by atoms with Gasteiger partial charge in [0, 0.05) is 36.6 Å². The number of hydrogen-bond acceptors (Lipinski definition) is 7. The number of carbonyl (C=O) groups excluding carboxylic acids is 4. The van der Waals surface area contributed by atoms with E-state index in [1.54, 1.807) is 30.4 Å². The highest BCUT2D eigenvalue weighted by atomic mass is 35.5. The van der Waals surface area contributed by atoms with Crippen LogP contribution in [0.15, 0.2) is 41.8 Å². The van der Waals surface area contributed by atoms with Crippen LogP contribution in [-0.2, 0) is 41.5 Å². The first kappa shape index (κ1) is 29.6.